The van der Waals surface area contributed by atoms with Crippen molar-refractivity contribution < 1.29 is 0 Å². The Morgan fingerprint density at radius 2 is 1.95 bits per heavy atom. The molecule has 1 fully saturated rings. The maximum absolute atomic E-state index is 5.38. The Morgan fingerprint density at radius 1 is 1.16 bits per heavy atom. The number of hydrogen-bond acceptors (Lipinski definition) is 2. The summed E-state index contributed by atoms with van der Waals surface area (Å²) in [6.45, 7) is 0. The Hall–Kier alpha value is -1.42. The van der Waals surface area contributed by atoms with Crippen molar-refractivity contribution in [3.8, 4) is 0 Å². The van der Waals surface area contributed by atoms with Crippen molar-refractivity contribution in [1.82, 2.24) is 14.8 Å². The first-order valence-electron chi connectivity index (χ1n) is 7.06. The lowest BCUT2D eigenvalue weighted by Gasteiger charge is -2.24. The van der Waals surface area contributed by atoms with Crippen LogP contribution in [-0.4, -0.2) is 14.8 Å². The maximum Gasteiger partial charge on any atom is 0.195 e. The first-order chi connectivity index (χ1) is 9.33. The molecule has 0 saturated heterocycles. The molecule has 1 heterocycles. The molecule has 2 aliphatic rings. The number of H-pyrrole nitrogens is 1. The van der Waals surface area contributed by atoms with Crippen LogP contribution in [0.3, 0.4) is 0 Å². The topological polar surface area (TPSA) is 33.6 Å². The van der Waals surface area contributed by atoms with Gasteiger partial charge < -0.3 is 4.57 Å². The van der Waals surface area contributed by atoms with Crippen LogP contribution in [0.1, 0.15) is 48.2 Å². The van der Waals surface area contributed by atoms with E-state index < -0.39 is 0 Å². The van der Waals surface area contributed by atoms with E-state index in [4.69, 9.17) is 12.2 Å². The normalized spacial score (nSPS) is 22.2. The van der Waals surface area contributed by atoms with Gasteiger partial charge in [0.1, 0.15) is 5.82 Å². The summed E-state index contributed by atoms with van der Waals surface area (Å²) >= 11 is 5.38. The monoisotopic (exact) mass is 271 g/mol. The minimum atomic E-state index is 0.517. The lowest BCUT2D eigenvalue weighted by Crippen LogP contribution is -2.17. The van der Waals surface area contributed by atoms with Gasteiger partial charge in [0.25, 0.3) is 0 Å². The molecule has 19 heavy (non-hydrogen) atoms. The summed E-state index contributed by atoms with van der Waals surface area (Å²) in [6.07, 6.45) is 5.95. The number of aromatic nitrogens is 3. The van der Waals surface area contributed by atoms with Crippen LogP contribution in [0, 0.1) is 4.77 Å². The average molecular weight is 271 g/mol. The van der Waals surface area contributed by atoms with Gasteiger partial charge in [-0.2, -0.15) is 5.10 Å². The number of aromatic amines is 1. The number of fused-ring (bicyclic) bond motifs is 1. The van der Waals surface area contributed by atoms with E-state index in [1.54, 1.807) is 0 Å². The second-order valence-electron chi connectivity index (χ2n) is 5.70. The van der Waals surface area contributed by atoms with Crippen molar-refractivity contribution in [1.29, 1.82) is 0 Å². The summed E-state index contributed by atoms with van der Waals surface area (Å²) in [6, 6.07) is 9.39. The van der Waals surface area contributed by atoms with Gasteiger partial charge in [-0.1, -0.05) is 24.3 Å². The fourth-order valence-corrected chi connectivity index (χ4v) is 3.50. The molecule has 1 N–H and O–H groups in total. The average Bonchev–Trinajstić information content (AvgIpc) is 3.21. The molecule has 2 aromatic rings. The maximum atomic E-state index is 5.38. The first-order valence-corrected chi connectivity index (χ1v) is 7.47. The number of rotatable bonds is 2. The molecule has 1 unspecified atom stereocenters. The van der Waals surface area contributed by atoms with Gasteiger partial charge >= 0.3 is 0 Å². The van der Waals surface area contributed by atoms with E-state index in [0.717, 1.165) is 17.6 Å². The van der Waals surface area contributed by atoms with E-state index in [-0.39, 0.29) is 0 Å². The Balaban J connectivity index is 1.70. The Labute approximate surface area is 117 Å². The van der Waals surface area contributed by atoms with Crippen molar-refractivity contribution in [2.24, 2.45) is 0 Å². The van der Waals surface area contributed by atoms with E-state index >= 15 is 0 Å². The summed E-state index contributed by atoms with van der Waals surface area (Å²) < 4.78 is 3.07. The zero-order valence-electron chi connectivity index (χ0n) is 10.8. The van der Waals surface area contributed by atoms with Gasteiger partial charge in [-0.25, -0.2) is 0 Å². The minimum absolute atomic E-state index is 0.517. The third kappa shape index (κ3) is 1.94. The molecule has 1 aromatic heterocycles. The number of nitrogens with one attached hydrogen (secondary N) is 1. The minimum Gasteiger partial charge on any atom is -0.301 e. The molecule has 0 amide bonds. The number of hydrogen-bond donors (Lipinski definition) is 1. The summed E-state index contributed by atoms with van der Waals surface area (Å²) in [5.74, 6) is 1.70. The van der Waals surface area contributed by atoms with Gasteiger partial charge in [0.15, 0.2) is 4.77 Å². The molecule has 98 valence electrons. The summed E-state index contributed by atoms with van der Waals surface area (Å²) in [4.78, 5) is 0. The van der Waals surface area contributed by atoms with Crippen molar-refractivity contribution in [3.63, 3.8) is 0 Å². The van der Waals surface area contributed by atoms with Crippen LogP contribution in [-0.2, 0) is 12.8 Å². The quantitative estimate of drug-likeness (QED) is 0.847. The molecule has 1 aromatic carbocycles. The molecule has 4 heteroatoms. The zero-order chi connectivity index (χ0) is 12.8. The molecule has 0 spiro atoms. The second kappa shape index (κ2) is 4.30. The van der Waals surface area contributed by atoms with Crippen molar-refractivity contribution in [2.45, 2.75) is 44.1 Å². The fourth-order valence-electron chi connectivity index (χ4n) is 3.21. The van der Waals surface area contributed by atoms with Gasteiger partial charge in [-0.3, -0.25) is 5.10 Å². The highest BCUT2D eigenvalue weighted by molar-refractivity contribution is 7.71. The van der Waals surface area contributed by atoms with Crippen LogP contribution < -0.4 is 0 Å². The van der Waals surface area contributed by atoms with Crippen molar-refractivity contribution >= 4 is 12.2 Å². The van der Waals surface area contributed by atoms with Crippen LogP contribution in [0.2, 0.25) is 0 Å². The largest absolute Gasteiger partial charge is 0.301 e. The molecule has 4 rings (SSSR count). The van der Waals surface area contributed by atoms with E-state index in [2.05, 4.69) is 39.0 Å². The van der Waals surface area contributed by atoms with Gasteiger partial charge in [0, 0.05) is 12.0 Å². The Bertz CT molecular complexity index is 666. The smallest absolute Gasteiger partial charge is 0.195 e. The highest BCUT2D eigenvalue weighted by Gasteiger charge is 2.31. The SMILES string of the molecule is S=c1[nH]nc(C2CCc3ccccc3C2)n1C1CC1. The summed E-state index contributed by atoms with van der Waals surface area (Å²) in [7, 11) is 0. The summed E-state index contributed by atoms with van der Waals surface area (Å²) in [5.41, 5.74) is 2.99. The fraction of sp³-hybridized carbons (Fsp3) is 0.467. The second-order valence-corrected chi connectivity index (χ2v) is 6.08. The number of benzene rings is 1. The predicted molar refractivity (Wildman–Crippen MR) is 76.9 cm³/mol. The number of aryl methyl sites for hydroxylation is 1. The molecule has 1 saturated carbocycles. The standard InChI is InChI=1S/C15H17N3S/c19-15-17-16-14(18(15)13-7-8-13)12-6-5-10-3-1-2-4-11(10)9-12/h1-4,12-13H,5-9H2,(H,17,19). The van der Waals surface area contributed by atoms with Crippen LogP contribution in [0.5, 0.6) is 0 Å². The molecule has 3 nitrogen and oxygen atoms in total. The van der Waals surface area contributed by atoms with Gasteiger partial charge in [0.05, 0.1) is 0 Å². The van der Waals surface area contributed by atoms with Crippen LogP contribution in [0.4, 0.5) is 0 Å². The van der Waals surface area contributed by atoms with Gasteiger partial charge in [-0.15, -0.1) is 0 Å². The summed E-state index contributed by atoms with van der Waals surface area (Å²) in [5, 5.41) is 7.51. The molecular weight excluding hydrogens is 254 g/mol. The van der Waals surface area contributed by atoms with Gasteiger partial charge in [-0.05, 0) is 55.4 Å². The lowest BCUT2D eigenvalue weighted by atomic mass is 9.83. The van der Waals surface area contributed by atoms with Crippen molar-refractivity contribution in [3.05, 3.63) is 46.0 Å². The van der Waals surface area contributed by atoms with Crippen LogP contribution >= 0.6 is 12.2 Å². The van der Waals surface area contributed by atoms with Crippen LogP contribution in [0.25, 0.3) is 0 Å². The highest BCUT2D eigenvalue weighted by Crippen LogP contribution is 2.39. The van der Waals surface area contributed by atoms with E-state index in [9.17, 15) is 0 Å². The molecule has 0 bridgehead atoms. The molecule has 0 radical (unpaired) electrons. The Morgan fingerprint density at radius 3 is 2.74 bits per heavy atom. The van der Waals surface area contributed by atoms with Crippen molar-refractivity contribution in [2.75, 3.05) is 0 Å². The van der Waals surface area contributed by atoms with Gasteiger partial charge in [0.2, 0.25) is 0 Å². The molecule has 2 aliphatic carbocycles. The lowest BCUT2D eigenvalue weighted by molar-refractivity contribution is 0.518. The molecular formula is C15H17N3S. The van der Waals surface area contributed by atoms with E-state index in [0.29, 0.717) is 12.0 Å². The molecule has 1 atom stereocenters. The number of nitrogens with zero attached hydrogens (tertiary/aromatic N) is 2. The van der Waals surface area contributed by atoms with E-state index in [1.807, 2.05) is 0 Å². The van der Waals surface area contributed by atoms with E-state index in [1.165, 1.54) is 36.2 Å². The van der Waals surface area contributed by atoms with Crippen LogP contribution in [0.15, 0.2) is 24.3 Å². The molecule has 0 aliphatic heterocycles. The third-order valence-corrected chi connectivity index (χ3v) is 4.64. The first kappa shape index (κ1) is 11.4. The Kier molecular flexibility index (Phi) is 2.58. The predicted octanol–water partition coefficient (Wildman–Crippen LogP) is 3.55. The third-order valence-electron chi connectivity index (χ3n) is 4.36. The highest BCUT2D eigenvalue weighted by atomic mass is 32.1. The zero-order valence-corrected chi connectivity index (χ0v) is 11.6.